The molecular weight excluding hydrogens is 398 g/mol. The van der Waals surface area contributed by atoms with Crippen LogP contribution in [0.5, 0.6) is 17.2 Å². The average molecular weight is 425 g/mol. The van der Waals surface area contributed by atoms with Gasteiger partial charge < -0.3 is 19.1 Å². The van der Waals surface area contributed by atoms with Gasteiger partial charge in [-0.1, -0.05) is 0 Å². The minimum Gasteiger partial charge on any atom is -0.493 e. The molecule has 0 bridgehead atoms. The first kappa shape index (κ1) is 22.1. The molecule has 31 heavy (non-hydrogen) atoms. The highest BCUT2D eigenvalue weighted by atomic mass is 16.5. The van der Waals surface area contributed by atoms with Crippen LogP contribution in [0.2, 0.25) is 0 Å². The summed E-state index contributed by atoms with van der Waals surface area (Å²) in [7, 11) is 3.04. The van der Waals surface area contributed by atoms with Gasteiger partial charge in [-0.05, 0) is 67.3 Å². The summed E-state index contributed by atoms with van der Waals surface area (Å²) < 4.78 is 16.0. The third kappa shape index (κ3) is 6.21. The van der Waals surface area contributed by atoms with Crippen LogP contribution in [0.15, 0.2) is 47.6 Å². The maximum atomic E-state index is 12.3. The molecule has 0 radical (unpaired) electrons. The van der Waals surface area contributed by atoms with Crippen LogP contribution in [0.4, 0.5) is 0 Å². The van der Waals surface area contributed by atoms with E-state index in [-0.39, 0.29) is 18.4 Å². The molecular formula is C23H27N3O5. The second-order valence-corrected chi connectivity index (χ2v) is 7.07. The predicted octanol–water partition coefficient (Wildman–Crippen LogP) is 2.86. The topological polar surface area (TPSA) is 89.5 Å². The lowest BCUT2D eigenvalue weighted by molar-refractivity contribution is -0.134. The predicted molar refractivity (Wildman–Crippen MR) is 117 cm³/mol. The van der Waals surface area contributed by atoms with Crippen molar-refractivity contribution in [2.45, 2.75) is 19.3 Å². The van der Waals surface area contributed by atoms with E-state index in [4.69, 9.17) is 14.2 Å². The SMILES string of the molecule is COc1ccc(C(=O)N/N=C/c2ccc(OCC(=O)N3CCCCC3)cc2)cc1OC. The molecule has 1 saturated heterocycles. The quantitative estimate of drug-likeness (QED) is 0.519. The molecule has 2 amide bonds. The lowest BCUT2D eigenvalue weighted by Crippen LogP contribution is -2.38. The molecule has 3 rings (SSSR count). The summed E-state index contributed by atoms with van der Waals surface area (Å²) in [4.78, 5) is 26.3. The van der Waals surface area contributed by atoms with E-state index >= 15 is 0 Å². The fraction of sp³-hybridized carbons (Fsp3) is 0.348. The third-order valence-corrected chi connectivity index (χ3v) is 4.98. The zero-order chi connectivity index (χ0) is 22.1. The number of hydrazone groups is 1. The number of ether oxygens (including phenoxy) is 3. The summed E-state index contributed by atoms with van der Waals surface area (Å²) in [6.45, 7) is 1.66. The number of amides is 2. The second kappa shape index (κ2) is 11.0. The van der Waals surface area contributed by atoms with Gasteiger partial charge in [0.2, 0.25) is 0 Å². The van der Waals surface area contributed by atoms with Gasteiger partial charge in [-0.25, -0.2) is 5.43 Å². The molecule has 2 aromatic rings. The lowest BCUT2D eigenvalue weighted by Gasteiger charge is -2.26. The van der Waals surface area contributed by atoms with Crippen LogP contribution in [0, 0.1) is 0 Å². The zero-order valence-corrected chi connectivity index (χ0v) is 17.8. The molecule has 8 heteroatoms. The number of carbonyl (C=O) groups excluding carboxylic acids is 2. The number of nitrogens with zero attached hydrogens (tertiary/aromatic N) is 2. The van der Waals surface area contributed by atoms with Crippen molar-refractivity contribution in [1.82, 2.24) is 10.3 Å². The molecule has 0 aliphatic carbocycles. The van der Waals surface area contributed by atoms with Crippen LogP contribution >= 0.6 is 0 Å². The largest absolute Gasteiger partial charge is 0.493 e. The van der Waals surface area contributed by atoms with Crippen LogP contribution in [-0.2, 0) is 4.79 Å². The fourth-order valence-electron chi connectivity index (χ4n) is 3.24. The summed E-state index contributed by atoms with van der Waals surface area (Å²) >= 11 is 0. The number of methoxy groups -OCH3 is 2. The fourth-order valence-corrected chi connectivity index (χ4v) is 3.24. The first-order chi connectivity index (χ1) is 15.1. The molecule has 1 heterocycles. The van der Waals surface area contributed by atoms with Crippen LogP contribution < -0.4 is 19.6 Å². The van der Waals surface area contributed by atoms with Gasteiger partial charge >= 0.3 is 0 Å². The van der Waals surface area contributed by atoms with E-state index in [0.717, 1.165) is 31.5 Å². The van der Waals surface area contributed by atoms with Gasteiger partial charge in [0, 0.05) is 18.7 Å². The van der Waals surface area contributed by atoms with Gasteiger partial charge in [-0.15, -0.1) is 0 Å². The molecule has 1 fully saturated rings. The Morgan fingerprint density at radius 3 is 2.39 bits per heavy atom. The summed E-state index contributed by atoms with van der Waals surface area (Å²) in [5, 5.41) is 3.98. The smallest absolute Gasteiger partial charge is 0.271 e. The number of carbonyl (C=O) groups is 2. The normalized spacial score (nSPS) is 13.7. The molecule has 2 aromatic carbocycles. The Labute approximate surface area is 181 Å². The number of piperidine rings is 1. The third-order valence-electron chi connectivity index (χ3n) is 4.98. The number of likely N-dealkylation sites (tertiary alicyclic amines) is 1. The van der Waals surface area contributed by atoms with E-state index in [9.17, 15) is 9.59 Å². The average Bonchev–Trinajstić information content (AvgIpc) is 2.83. The molecule has 1 N–H and O–H groups in total. The van der Waals surface area contributed by atoms with Gasteiger partial charge in [-0.3, -0.25) is 9.59 Å². The van der Waals surface area contributed by atoms with Crippen molar-refractivity contribution in [3.8, 4) is 17.2 Å². The zero-order valence-electron chi connectivity index (χ0n) is 17.8. The Morgan fingerprint density at radius 1 is 1.00 bits per heavy atom. The molecule has 0 unspecified atom stereocenters. The van der Waals surface area contributed by atoms with Crippen molar-refractivity contribution < 1.29 is 23.8 Å². The highest BCUT2D eigenvalue weighted by Crippen LogP contribution is 2.27. The van der Waals surface area contributed by atoms with E-state index in [1.807, 2.05) is 4.90 Å². The Morgan fingerprint density at radius 2 is 1.71 bits per heavy atom. The highest BCUT2D eigenvalue weighted by Gasteiger charge is 2.16. The Kier molecular flexibility index (Phi) is 7.86. The van der Waals surface area contributed by atoms with Crippen molar-refractivity contribution in [1.29, 1.82) is 0 Å². The summed E-state index contributed by atoms with van der Waals surface area (Å²) in [5.41, 5.74) is 3.66. The minimum atomic E-state index is -0.367. The van der Waals surface area contributed by atoms with Crippen molar-refractivity contribution in [3.63, 3.8) is 0 Å². The molecule has 0 atom stereocenters. The van der Waals surface area contributed by atoms with E-state index in [1.165, 1.54) is 26.9 Å². The molecule has 164 valence electrons. The van der Waals surface area contributed by atoms with Crippen LogP contribution in [0.25, 0.3) is 0 Å². The maximum Gasteiger partial charge on any atom is 0.271 e. The second-order valence-electron chi connectivity index (χ2n) is 7.07. The van der Waals surface area contributed by atoms with Crippen molar-refractivity contribution >= 4 is 18.0 Å². The van der Waals surface area contributed by atoms with Crippen LogP contribution in [0.1, 0.15) is 35.2 Å². The Hall–Kier alpha value is -3.55. The number of rotatable bonds is 8. The molecule has 0 spiro atoms. The van der Waals surface area contributed by atoms with Crippen molar-refractivity contribution in [2.75, 3.05) is 33.9 Å². The molecule has 0 saturated carbocycles. The number of benzene rings is 2. The van der Waals surface area contributed by atoms with E-state index < -0.39 is 0 Å². The number of hydrogen-bond donors (Lipinski definition) is 1. The van der Waals surface area contributed by atoms with Gasteiger partial charge in [0.25, 0.3) is 11.8 Å². The number of hydrogen-bond acceptors (Lipinski definition) is 6. The molecule has 8 nitrogen and oxygen atoms in total. The summed E-state index contributed by atoms with van der Waals surface area (Å²) in [6.07, 6.45) is 4.83. The van der Waals surface area contributed by atoms with Crippen LogP contribution in [-0.4, -0.2) is 56.8 Å². The molecule has 1 aliphatic rings. The first-order valence-corrected chi connectivity index (χ1v) is 10.2. The van der Waals surface area contributed by atoms with E-state index in [2.05, 4.69) is 10.5 Å². The number of nitrogens with one attached hydrogen (secondary N) is 1. The summed E-state index contributed by atoms with van der Waals surface area (Å²) in [5.74, 6) is 1.27. The molecule has 0 aromatic heterocycles. The monoisotopic (exact) mass is 425 g/mol. The maximum absolute atomic E-state index is 12.3. The molecule has 1 aliphatic heterocycles. The van der Waals surface area contributed by atoms with E-state index in [1.54, 1.807) is 42.5 Å². The van der Waals surface area contributed by atoms with Gasteiger partial charge in [0.05, 0.1) is 20.4 Å². The standard InChI is InChI=1S/C23H27N3O5/c1-29-20-11-8-18(14-21(20)30-2)23(28)25-24-15-17-6-9-19(10-7-17)31-16-22(27)26-12-4-3-5-13-26/h6-11,14-15H,3-5,12-13,16H2,1-2H3,(H,25,28)/b24-15+. The van der Waals surface area contributed by atoms with Gasteiger partial charge in [0.15, 0.2) is 18.1 Å². The van der Waals surface area contributed by atoms with E-state index in [0.29, 0.717) is 22.8 Å². The first-order valence-electron chi connectivity index (χ1n) is 10.2. The van der Waals surface area contributed by atoms with Crippen molar-refractivity contribution in [3.05, 3.63) is 53.6 Å². The highest BCUT2D eigenvalue weighted by molar-refractivity contribution is 5.95. The van der Waals surface area contributed by atoms with Crippen LogP contribution in [0.3, 0.4) is 0 Å². The van der Waals surface area contributed by atoms with Gasteiger partial charge in [0.1, 0.15) is 5.75 Å². The Bertz CT molecular complexity index is 921. The van der Waals surface area contributed by atoms with Gasteiger partial charge in [-0.2, -0.15) is 5.10 Å². The summed E-state index contributed by atoms with van der Waals surface area (Å²) in [6, 6.07) is 12.0. The van der Waals surface area contributed by atoms with Crippen molar-refractivity contribution in [2.24, 2.45) is 5.10 Å². The minimum absolute atomic E-state index is 0.0169. The lowest BCUT2D eigenvalue weighted by atomic mass is 10.1. The Balaban J connectivity index is 1.49.